The van der Waals surface area contributed by atoms with Crippen LogP contribution in [0.2, 0.25) is 0 Å². The van der Waals surface area contributed by atoms with E-state index in [1.165, 1.54) is 0 Å². The zero-order valence-corrected chi connectivity index (χ0v) is 12.8. The average molecular weight is 334 g/mol. The highest BCUT2D eigenvalue weighted by Gasteiger charge is 2.11. The molecular formula is C15H16BrN3O. The molecular weight excluding hydrogens is 318 g/mol. The minimum atomic E-state index is -0.134. The molecule has 5 heteroatoms. The molecule has 0 aliphatic heterocycles. The van der Waals surface area contributed by atoms with Gasteiger partial charge in [0.25, 0.3) is 5.91 Å². The highest BCUT2D eigenvalue weighted by molar-refractivity contribution is 9.10. The Morgan fingerprint density at radius 1 is 1.25 bits per heavy atom. The van der Waals surface area contributed by atoms with E-state index in [0.29, 0.717) is 17.9 Å². The second-order valence-corrected chi connectivity index (χ2v) is 5.06. The van der Waals surface area contributed by atoms with Crippen molar-refractivity contribution in [3.8, 4) is 0 Å². The van der Waals surface area contributed by atoms with Crippen LogP contribution in [0.5, 0.6) is 0 Å². The van der Waals surface area contributed by atoms with Gasteiger partial charge in [-0.2, -0.15) is 0 Å². The summed E-state index contributed by atoms with van der Waals surface area (Å²) in [5, 5.41) is 5.99. The fraction of sp³-hybridized carbons (Fsp3) is 0.200. The summed E-state index contributed by atoms with van der Waals surface area (Å²) >= 11 is 3.47. The van der Waals surface area contributed by atoms with Crippen molar-refractivity contribution in [1.29, 1.82) is 0 Å². The minimum absolute atomic E-state index is 0.134. The van der Waals surface area contributed by atoms with Gasteiger partial charge in [0.1, 0.15) is 5.82 Å². The monoisotopic (exact) mass is 333 g/mol. The van der Waals surface area contributed by atoms with E-state index in [9.17, 15) is 4.79 Å². The predicted octanol–water partition coefficient (Wildman–Crippen LogP) is 3.21. The van der Waals surface area contributed by atoms with E-state index in [0.717, 1.165) is 16.6 Å². The molecule has 0 saturated carbocycles. The number of hydrogen-bond donors (Lipinski definition) is 2. The van der Waals surface area contributed by atoms with Crippen LogP contribution in [0.15, 0.2) is 47.1 Å². The molecule has 1 heterocycles. The second-order valence-electron chi connectivity index (χ2n) is 4.20. The summed E-state index contributed by atoms with van der Waals surface area (Å²) in [6, 6.07) is 11.3. The van der Waals surface area contributed by atoms with Crippen LogP contribution >= 0.6 is 15.9 Å². The maximum Gasteiger partial charge on any atom is 0.255 e. The zero-order chi connectivity index (χ0) is 14.4. The molecule has 0 fully saturated rings. The second kappa shape index (κ2) is 7.05. The van der Waals surface area contributed by atoms with Crippen molar-refractivity contribution in [2.45, 2.75) is 13.5 Å². The Labute approximate surface area is 126 Å². The lowest BCUT2D eigenvalue weighted by Crippen LogP contribution is -2.24. The molecule has 104 valence electrons. The Kier molecular flexibility index (Phi) is 5.12. The number of halogens is 1. The molecule has 0 unspecified atom stereocenters. The molecule has 2 rings (SSSR count). The van der Waals surface area contributed by atoms with Gasteiger partial charge in [-0.15, -0.1) is 0 Å². The van der Waals surface area contributed by atoms with E-state index >= 15 is 0 Å². The van der Waals surface area contributed by atoms with Crippen LogP contribution in [-0.2, 0) is 6.54 Å². The van der Waals surface area contributed by atoms with E-state index in [-0.39, 0.29) is 5.91 Å². The number of nitrogens with zero attached hydrogens (tertiary/aromatic N) is 1. The Hall–Kier alpha value is -1.88. The molecule has 20 heavy (non-hydrogen) atoms. The lowest BCUT2D eigenvalue weighted by Gasteiger charge is -2.10. The van der Waals surface area contributed by atoms with Crippen LogP contribution in [0.4, 0.5) is 5.82 Å². The Balaban J connectivity index is 2.07. The van der Waals surface area contributed by atoms with E-state index in [1.807, 2.05) is 31.2 Å². The summed E-state index contributed by atoms with van der Waals surface area (Å²) in [5.41, 5.74) is 1.59. The van der Waals surface area contributed by atoms with Crippen LogP contribution in [-0.4, -0.2) is 17.4 Å². The number of nitrogens with one attached hydrogen (secondary N) is 2. The molecule has 0 radical (unpaired) electrons. The summed E-state index contributed by atoms with van der Waals surface area (Å²) in [6.45, 7) is 3.17. The summed E-state index contributed by atoms with van der Waals surface area (Å²) < 4.78 is 0.985. The third-order valence-electron chi connectivity index (χ3n) is 2.79. The average Bonchev–Trinajstić information content (AvgIpc) is 2.47. The number of rotatable bonds is 5. The Morgan fingerprint density at radius 2 is 2.05 bits per heavy atom. The summed E-state index contributed by atoms with van der Waals surface area (Å²) in [7, 11) is 0. The third-order valence-corrected chi connectivity index (χ3v) is 3.57. The van der Waals surface area contributed by atoms with E-state index in [4.69, 9.17) is 0 Å². The van der Waals surface area contributed by atoms with Crippen molar-refractivity contribution < 1.29 is 4.79 Å². The van der Waals surface area contributed by atoms with Crippen molar-refractivity contribution in [2.24, 2.45) is 0 Å². The van der Waals surface area contributed by atoms with Gasteiger partial charge < -0.3 is 10.6 Å². The maximum atomic E-state index is 12.2. The van der Waals surface area contributed by atoms with E-state index < -0.39 is 0 Å². The number of pyridine rings is 1. The number of carbonyl (C=O) groups excluding carboxylic acids is 1. The van der Waals surface area contributed by atoms with E-state index in [2.05, 4.69) is 31.5 Å². The van der Waals surface area contributed by atoms with Gasteiger partial charge in [0.05, 0.1) is 5.56 Å². The topological polar surface area (TPSA) is 54.0 Å². The molecule has 1 aromatic carbocycles. The highest BCUT2D eigenvalue weighted by atomic mass is 79.9. The minimum Gasteiger partial charge on any atom is -0.370 e. The fourth-order valence-corrected chi connectivity index (χ4v) is 2.23. The first-order chi connectivity index (χ1) is 9.72. The molecule has 0 aliphatic carbocycles. The van der Waals surface area contributed by atoms with Gasteiger partial charge in [0.2, 0.25) is 0 Å². The first-order valence-corrected chi connectivity index (χ1v) is 7.22. The van der Waals surface area contributed by atoms with E-state index in [1.54, 1.807) is 18.3 Å². The first-order valence-electron chi connectivity index (χ1n) is 6.43. The van der Waals surface area contributed by atoms with Crippen LogP contribution in [0.25, 0.3) is 0 Å². The molecule has 0 aliphatic rings. The van der Waals surface area contributed by atoms with Crippen LogP contribution in [0.3, 0.4) is 0 Å². The number of anilines is 1. The largest absolute Gasteiger partial charge is 0.370 e. The van der Waals surface area contributed by atoms with Crippen molar-refractivity contribution in [2.75, 3.05) is 11.9 Å². The predicted molar refractivity (Wildman–Crippen MR) is 83.7 cm³/mol. The molecule has 1 amide bonds. The van der Waals surface area contributed by atoms with Crippen molar-refractivity contribution >= 4 is 27.7 Å². The number of hydrogen-bond acceptors (Lipinski definition) is 3. The number of carbonyl (C=O) groups is 1. The van der Waals surface area contributed by atoms with Gasteiger partial charge in [-0.1, -0.05) is 34.1 Å². The summed E-state index contributed by atoms with van der Waals surface area (Å²) in [4.78, 5) is 16.4. The number of benzene rings is 1. The molecule has 0 saturated heterocycles. The van der Waals surface area contributed by atoms with Gasteiger partial charge in [-0.25, -0.2) is 4.98 Å². The number of aromatic nitrogens is 1. The Bertz CT molecular complexity index is 601. The molecule has 0 bridgehead atoms. The third kappa shape index (κ3) is 3.57. The maximum absolute atomic E-state index is 12.2. The van der Waals surface area contributed by atoms with Crippen molar-refractivity contribution in [3.63, 3.8) is 0 Å². The molecule has 2 N–H and O–H groups in total. The van der Waals surface area contributed by atoms with Crippen molar-refractivity contribution in [1.82, 2.24) is 10.3 Å². The molecule has 1 aromatic heterocycles. The quantitative estimate of drug-likeness (QED) is 0.883. The van der Waals surface area contributed by atoms with Gasteiger partial charge in [-0.3, -0.25) is 4.79 Å². The van der Waals surface area contributed by atoms with Crippen LogP contribution in [0.1, 0.15) is 22.8 Å². The summed E-state index contributed by atoms with van der Waals surface area (Å²) in [6.07, 6.45) is 1.67. The first kappa shape index (κ1) is 14.5. The normalized spacial score (nSPS) is 10.1. The highest BCUT2D eigenvalue weighted by Crippen LogP contribution is 2.16. The molecule has 0 atom stereocenters. The molecule has 4 nitrogen and oxygen atoms in total. The van der Waals surface area contributed by atoms with Crippen LogP contribution in [0, 0.1) is 0 Å². The van der Waals surface area contributed by atoms with Crippen molar-refractivity contribution in [3.05, 3.63) is 58.2 Å². The SMILES string of the molecule is CCNc1ncccc1C(=O)NCc1ccccc1Br. The lowest BCUT2D eigenvalue weighted by molar-refractivity contribution is 0.0951. The zero-order valence-electron chi connectivity index (χ0n) is 11.2. The van der Waals surface area contributed by atoms with Gasteiger partial charge >= 0.3 is 0 Å². The van der Waals surface area contributed by atoms with Gasteiger partial charge in [0.15, 0.2) is 0 Å². The van der Waals surface area contributed by atoms with Gasteiger partial charge in [0, 0.05) is 23.8 Å². The fourth-order valence-electron chi connectivity index (χ4n) is 1.81. The smallest absolute Gasteiger partial charge is 0.255 e. The van der Waals surface area contributed by atoms with Crippen LogP contribution < -0.4 is 10.6 Å². The summed E-state index contributed by atoms with van der Waals surface area (Å²) in [5.74, 6) is 0.476. The molecule has 0 spiro atoms. The number of amides is 1. The molecule has 2 aromatic rings. The van der Waals surface area contributed by atoms with Gasteiger partial charge in [-0.05, 0) is 30.7 Å². The Morgan fingerprint density at radius 3 is 2.80 bits per heavy atom. The lowest BCUT2D eigenvalue weighted by atomic mass is 10.2. The standard InChI is InChI=1S/C15H16BrN3O/c1-2-17-14-12(7-5-9-18-14)15(20)19-10-11-6-3-4-8-13(11)16/h3-9H,2,10H2,1H3,(H,17,18)(H,19,20).